The number of carboxylic acid groups (broad SMARTS) is 1. The summed E-state index contributed by atoms with van der Waals surface area (Å²) in [6.07, 6.45) is 4.85. The first-order chi connectivity index (χ1) is 8.70. The molecule has 0 radical (unpaired) electrons. The predicted molar refractivity (Wildman–Crippen MR) is 66.2 cm³/mol. The Morgan fingerprint density at radius 3 is 3.06 bits per heavy atom. The van der Waals surface area contributed by atoms with Gasteiger partial charge in [0.05, 0.1) is 11.6 Å². The first-order valence-electron chi connectivity index (χ1n) is 5.91. The Balaban J connectivity index is 2.09. The Hall–Kier alpha value is -2.28. The van der Waals surface area contributed by atoms with Gasteiger partial charge in [0, 0.05) is 17.5 Å². The fourth-order valence-electron chi connectivity index (χ4n) is 2.91. The summed E-state index contributed by atoms with van der Waals surface area (Å²) in [5.74, 6) is -0.664. The number of hydrogen-bond donors (Lipinski definition) is 2. The zero-order valence-electron chi connectivity index (χ0n) is 9.63. The molecular formula is C14H12N2O2. The molecule has 0 fully saturated rings. The summed E-state index contributed by atoms with van der Waals surface area (Å²) in [4.78, 5) is 11.3. The molecule has 0 spiro atoms. The number of carboxylic acids is 1. The summed E-state index contributed by atoms with van der Waals surface area (Å²) in [7, 11) is 0. The van der Waals surface area contributed by atoms with Gasteiger partial charge in [0.1, 0.15) is 6.04 Å². The highest BCUT2D eigenvalue weighted by Gasteiger charge is 2.40. The van der Waals surface area contributed by atoms with Crippen LogP contribution in [0.5, 0.6) is 0 Å². The normalized spacial score (nSPS) is 27.8. The smallest absolute Gasteiger partial charge is 0.326 e. The summed E-state index contributed by atoms with van der Waals surface area (Å²) in [6, 6.07) is 6.94. The van der Waals surface area contributed by atoms with Crippen molar-refractivity contribution in [3.8, 4) is 6.07 Å². The second-order valence-electron chi connectivity index (χ2n) is 4.73. The average molecular weight is 240 g/mol. The maximum atomic E-state index is 11.3. The van der Waals surface area contributed by atoms with Gasteiger partial charge in [-0.15, -0.1) is 0 Å². The Bertz CT molecular complexity index is 586. The molecule has 1 aliphatic heterocycles. The lowest BCUT2D eigenvalue weighted by atomic mass is 9.79. The van der Waals surface area contributed by atoms with E-state index in [4.69, 9.17) is 5.26 Å². The number of nitriles is 1. The van der Waals surface area contributed by atoms with Crippen LogP contribution in [0.1, 0.15) is 23.5 Å². The third-order valence-electron chi connectivity index (χ3n) is 3.76. The van der Waals surface area contributed by atoms with Crippen molar-refractivity contribution in [1.29, 1.82) is 5.26 Å². The molecule has 3 atom stereocenters. The molecule has 0 bridgehead atoms. The lowest BCUT2D eigenvalue weighted by Gasteiger charge is -2.34. The number of allylic oxidation sites excluding steroid dienone is 2. The fourth-order valence-corrected chi connectivity index (χ4v) is 2.91. The van der Waals surface area contributed by atoms with E-state index in [0.717, 1.165) is 17.7 Å². The Kier molecular flexibility index (Phi) is 2.34. The molecule has 4 heteroatoms. The molecule has 3 rings (SSSR count). The lowest BCUT2D eigenvalue weighted by Crippen LogP contribution is -2.41. The third-order valence-corrected chi connectivity index (χ3v) is 3.76. The molecule has 0 saturated heterocycles. The van der Waals surface area contributed by atoms with Crippen molar-refractivity contribution in [2.75, 3.05) is 5.32 Å². The van der Waals surface area contributed by atoms with E-state index in [2.05, 4.69) is 17.5 Å². The van der Waals surface area contributed by atoms with Crippen LogP contribution in [-0.2, 0) is 4.79 Å². The number of anilines is 1. The number of fused-ring (bicyclic) bond motifs is 3. The monoisotopic (exact) mass is 240 g/mol. The molecule has 0 unspecified atom stereocenters. The first-order valence-corrected chi connectivity index (χ1v) is 5.91. The van der Waals surface area contributed by atoms with Gasteiger partial charge in [0.25, 0.3) is 0 Å². The Morgan fingerprint density at radius 1 is 1.50 bits per heavy atom. The molecule has 1 aliphatic carbocycles. The Morgan fingerprint density at radius 2 is 2.33 bits per heavy atom. The molecule has 0 amide bonds. The van der Waals surface area contributed by atoms with Crippen LogP contribution in [0.25, 0.3) is 0 Å². The lowest BCUT2D eigenvalue weighted by molar-refractivity contribution is -0.139. The number of rotatable bonds is 1. The molecule has 4 nitrogen and oxygen atoms in total. The van der Waals surface area contributed by atoms with Gasteiger partial charge in [-0.2, -0.15) is 5.26 Å². The Labute approximate surface area is 105 Å². The molecule has 2 N–H and O–H groups in total. The van der Waals surface area contributed by atoms with Crippen molar-refractivity contribution in [3.63, 3.8) is 0 Å². The number of nitrogens with zero attached hydrogens (tertiary/aromatic N) is 1. The highest BCUT2D eigenvalue weighted by molar-refractivity contribution is 5.80. The van der Waals surface area contributed by atoms with Crippen molar-refractivity contribution in [1.82, 2.24) is 0 Å². The molecule has 0 aromatic heterocycles. The van der Waals surface area contributed by atoms with Crippen LogP contribution in [0.4, 0.5) is 5.69 Å². The van der Waals surface area contributed by atoms with Gasteiger partial charge in [0.15, 0.2) is 0 Å². The number of benzene rings is 1. The van der Waals surface area contributed by atoms with Crippen LogP contribution < -0.4 is 5.32 Å². The van der Waals surface area contributed by atoms with Crippen LogP contribution in [0.15, 0.2) is 30.4 Å². The predicted octanol–water partition coefficient (Wildman–Crippen LogP) is 2.10. The zero-order chi connectivity index (χ0) is 12.7. The highest BCUT2D eigenvalue weighted by atomic mass is 16.4. The van der Waals surface area contributed by atoms with Crippen LogP contribution in [0.2, 0.25) is 0 Å². The van der Waals surface area contributed by atoms with E-state index in [1.54, 1.807) is 12.1 Å². The van der Waals surface area contributed by atoms with E-state index >= 15 is 0 Å². The second-order valence-corrected chi connectivity index (χ2v) is 4.73. The largest absolute Gasteiger partial charge is 0.480 e. The first kappa shape index (κ1) is 10.8. The van der Waals surface area contributed by atoms with Crippen molar-refractivity contribution in [2.24, 2.45) is 5.92 Å². The van der Waals surface area contributed by atoms with Crippen LogP contribution in [0.3, 0.4) is 0 Å². The summed E-state index contributed by atoms with van der Waals surface area (Å²) >= 11 is 0. The van der Waals surface area contributed by atoms with Gasteiger partial charge in [-0.05, 0) is 30.2 Å². The quantitative estimate of drug-likeness (QED) is 0.737. The third kappa shape index (κ3) is 1.48. The van der Waals surface area contributed by atoms with E-state index < -0.39 is 12.0 Å². The number of nitrogens with one attached hydrogen (secondary N) is 1. The molecule has 1 aromatic rings. The van der Waals surface area contributed by atoms with Crippen LogP contribution in [0, 0.1) is 17.2 Å². The minimum Gasteiger partial charge on any atom is -0.480 e. The molecule has 18 heavy (non-hydrogen) atoms. The number of aliphatic carboxylic acids is 1. The molecule has 2 aliphatic rings. The van der Waals surface area contributed by atoms with Gasteiger partial charge in [-0.3, -0.25) is 0 Å². The maximum Gasteiger partial charge on any atom is 0.326 e. The van der Waals surface area contributed by atoms with E-state index in [1.807, 2.05) is 12.1 Å². The standard InChI is InChI=1S/C14H12N2O2/c15-7-8-4-5-12-11(6-8)9-2-1-3-10(9)13(16-12)14(17)18/h1-2,4-6,9-10,13,16H,3H2,(H,17,18)/t9-,10+,13-/m1/s1. The topological polar surface area (TPSA) is 73.1 Å². The van der Waals surface area contributed by atoms with Gasteiger partial charge in [-0.25, -0.2) is 4.79 Å². The SMILES string of the molecule is N#Cc1ccc2c(c1)[C@@H]1C=CC[C@@H]1[C@H](C(=O)O)N2. The van der Waals surface area contributed by atoms with Gasteiger partial charge < -0.3 is 10.4 Å². The number of carbonyl (C=O) groups is 1. The van der Waals surface area contributed by atoms with E-state index in [0.29, 0.717) is 5.56 Å². The van der Waals surface area contributed by atoms with E-state index in [9.17, 15) is 9.90 Å². The van der Waals surface area contributed by atoms with Crippen molar-refractivity contribution < 1.29 is 9.90 Å². The second kappa shape index (κ2) is 3.88. The van der Waals surface area contributed by atoms with Crippen molar-refractivity contribution >= 4 is 11.7 Å². The highest BCUT2D eigenvalue weighted by Crippen LogP contribution is 2.44. The summed E-state index contributed by atoms with van der Waals surface area (Å²) in [5, 5.41) is 21.3. The molecule has 90 valence electrons. The van der Waals surface area contributed by atoms with Crippen LogP contribution in [-0.4, -0.2) is 17.1 Å². The number of hydrogen-bond acceptors (Lipinski definition) is 3. The van der Waals surface area contributed by atoms with Crippen molar-refractivity contribution in [2.45, 2.75) is 18.4 Å². The molecule has 0 saturated carbocycles. The minimum absolute atomic E-state index is 0.0453. The summed E-state index contributed by atoms with van der Waals surface area (Å²) in [5.41, 5.74) is 2.47. The van der Waals surface area contributed by atoms with Gasteiger partial charge >= 0.3 is 5.97 Å². The summed E-state index contributed by atoms with van der Waals surface area (Å²) < 4.78 is 0. The van der Waals surface area contributed by atoms with Crippen molar-refractivity contribution in [3.05, 3.63) is 41.5 Å². The van der Waals surface area contributed by atoms with E-state index in [1.165, 1.54) is 0 Å². The van der Waals surface area contributed by atoms with Gasteiger partial charge in [-0.1, -0.05) is 12.2 Å². The summed E-state index contributed by atoms with van der Waals surface area (Å²) in [6.45, 7) is 0. The van der Waals surface area contributed by atoms with Crippen LogP contribution >= 0.6 is 0 Å². The zero-order valence-corrected chi connectivity index (χ0v) is 9.63. The van der Waals surface area contributed by atoms with Gasteiger partial charge in [0.2, 0.25) is 0 Å². The molecule has 1 aromatic carbocycles. The molecule has 1 heterocycles. The minimum atomic E-state index is -0.816. The fraction of sp³-hybridized carbons (Fsp3) is 0.286. The average Bonchev–Trinajstić information content (AvgIpc) is 2.86. The maximum absolute atomic E-state index is 11.3. The molecular weight excluding hydrogens is 228 g/mol. The van der Waals surface area contributed by atoms with E-state index in [-0.39, 0.29) is 11.8 Å².